The lowest BCUT2D eigenvalue weighted by Crippen LogP contribution is -2.31. The number of nitrogens with zero attached hydrogens (tertiary/aromatic N) is 3. The van der Waals surface area contributed by atoms with Gasteiger partial charge in [0.15, 0.2) is 5.82 Å². The lowest BCUT2D eigenvalue weighted by Gasteiger charge is -2.22. The fourth-order valence-electron chi connectivity index (χ4n) is 1.76. The number of anilines is 2. The highest BCUT2D eigenvalue weighted by Crippen LogP contribution is 2.16. The van der Waals surface area contributed by atoms with Crippen LogP contribution in [0.4, 0.5) is 11.6 Å². The Hall–Kier alpha value is -1.44. The van der Waals surface area contributed by atoms with Crippen LogP contribution in [0.3, 0.4) is 0 Å². The summed E-state index contributed by atoms with van der Waals surface area (Å²) in [4.78, 5) is 10.6. The molecule has 20 heavy (non-hydrogen) atoms. The van der Waals surface area contributed by atoms with Gasteiger partial charge in [0.2, 0.25) is 0 Å². The maximum Gasteiger partial charge on any atom is 0.158 e. The molecule has 0 spiro atoms. The second kappa shape index (κ2) is 9.46. The van der Waals surface area contributed by atoms with Crippen LogP contribution >= 0.6 is 0 Å². The summed E-state index contributed by atoms with van der Waals surface area (Å²) >= 11 is 0. The highest BCUT2D eigenvalue weighted by Gasteiger charge is 2.11. The largest absolute Gasteiger partial charge is 0.395 e. The molecule has 0 saturated heterocycles. The highest BCUT2D eigenvalue weighted by atomic mass is 16.5. The lowest BCUT2D eigenvalue weighted by molar-refractivity contribution is 0.178. The Balaban J connectivity index is 2.97. The number of hydrogen-bond donors (Lipinski definition) is 3. The van der Waals surface area contributed by atoms with Crippen molar-refractivity contribution in [2.24, 2.45) is 0 Å². The third kappa shape index (κ3) is 5.28. The van der Waals surface area contributed by atoms with Gasteiger partial charge in [0.25, 0.3) is 0 Å². The Labute approximate surface area is 119 Å². The molecule has 1 aromatic rings. The Morgan fingerprint density at radius 3 is 2.50 bits per heavy atom. The van der Waals surface area contributed by atoms with Crippen LogP contribution < -0.4 is 10.2 Å². The first-order valence-corrected chi connectivity index (χ1v) is 6.82. The molecule has 0 atom stereocenters. The highest BCUT2D eigenvalue weighted by molar-refractivity contribution is 5.49. The molecule has 0 aliphatic heterocycles. The van der Waals surface area contributed by atoms with Crippen LogP contribution in [0, 0.1) is 0 Å². The zero-order valence-electron chi connectivity index (χ0n) is 12.2. The summed E-state index contributed by atoms with van der Waals surface area (Å²) in [5, 5.41) is 21.4. The van der Waals surface area contributed by atoms with E-state index in [0.717, 1.165) is 18.8 Å². The summed E-state index contributed by atoms with van der Waals surface area (Å²) in [6.45, 7) is 4.05. The number of aliphatic hydroxyl groups is 2. The lowest BCUT2D eigenvalue weighted by atomic mass is 10.4. The van der Waals surface area contributed by atoms with Gasteiger partial charge in [-0.15, -0.1) is 0 Å². The van der Waals surface area contributed by atoms with Crippen molar-refractivity contribution < 1.29 is 14.9 Å². The molecular weight excluding hydrogens is 260 g/mol. The van der Waals surface area contributed by atoms with Gasteiger partial charge >= 0.3 is 0 Å². The van der Waals surface area contributed by atoms with E-state index in [-0.39, 0.29) is 13.2 Å². The van der Waals surface area contributed by atoms with Crippen LogP contribution in [0.1, 0.15) is 19.2 Å². The van der Waals surface area contributed by atoms with Gasteiger partial charge in [-0.1, -0.05) is 6.92 Å². The van der Waals surface area contributed by atoms with Crippen LogP contribution in [0.2, 0.25) is 0 Å². The van der Waals surface area contributed by atoms with Gasteiger partial charge in [0.1, 0.15) is 18.2 Å². The third-order valence-corrected chi connectivity index (χ3v) is 2.65. The molecule has 7 heteroatoms. The fraction of sp³-hybridized carbons (Fsp3) is 0.692. The molecule has 0 aliphatic carbocycles. The predicted molar refractivity (Wildman–Crippen MR) is 77.9 cm³/mol. The van der Waals surface area contributed by atoms with E-state index in [1.165, 1.54) is 0 Å². The molecule has 0 amide bonds. The van der Waals surface area contributed by atoms with E-state index in [1.807, 2.05) is 11.0 Å². The first kappa shape index (κ1) is 16.6. The van der Waals surface area contributed by atoms with Crippen molar-refractivity contribution in [3.05, 3.63) is 11.9 Å². The van der Waals surface area contributed by atoms with Gasteiger partial charge in [-0.25, -0.2) is 9.97 Å². The van der Waals surface area contributed by atoms with Crippen LogP contribution in [0.15, 0.2) is 6.07 Å². The summed E-state index contributed by atoms with van der Waals surface area (Å²) in [7, 11) is 1.59. The molecule has 0 radical (unpaired) electrons. The van der Waals surface area contributed by atoms with E-state index in [1.54, 1.807) is 7.11 Å². The number of ether oxygens (including phenoxy) is 1. The van der Waals surface area contributed by atoms with Crippen molar-refractivity contribution >= 4 is 11.6 Å². The quantitative estimate of drug-likeness (QED) is 0.567. The van der Waals surface area contributed by atoms with Crippen molar-refractivity contribution in [3.8, 4) is 0 Å². The normalized spacial score (nSPS) is 10.6. The van der Waals surface area contributed by atoms with Crippen molar-refractivity contribution in [2.45, 2.75) is 20.0 Å². The Morgan fingerprint density at radius 2 is 1.95 bits per heavy atom. The van der Waals surface area contributed by atoms with E-state index in [2.05, 4.69) is 22.2 Å². The molecule has 0 fully saturated rings. The molecule has 1 heterocycles. The van der Waals surface area contributed by atoms with Crippen LogP contribution in [-0.4, -0.2) is 60.1 Å². The van der Waals surface area contributed by atoms with Crippen LogP contribution in [0.25, 0.3) is 0 Å². The van der Waals surface area contributed by atoms with E-state index < -0.39 is 0 Å². The Kier molecular flexibility index (Phi) is 7.86. The molecule has 114 valence electrons. The molecule has 7 nitrogen and oxygen atoms in total. The van der Waals surface area contributed by atoms with Gasteiger partial charge < -0.3 is 25.2 Å². The molecule has 1 rings (SSSR count). The maximum atomic E-state index is 9.10. The van der Waals surface area contributed by atoms with Crippen molar-refractivity contribution in [2.75, 3.05) is 50.2 Å². The predicted octanol–water partition coefficient (Wildman–Crippen LogP) is 0.236. The SMILES string of the molecule is CCCNc1cc(N(CCO)CCO)nc(COC)n1. The summed E-state index contributed by atoms with van der Waals surface area (Å²) < 4.78 is 5.07. The van der Waals surface area contributed by atoms with Crippen LogP contribution in [-0.2, 0) is 11.3 Å². The van der Waals surface area contributed by atoms with Crippen molar-refractivity contribution in [1.29, 1.82) is 0 Å². The van der Waals surface area contributed by atoms with E-state index in [0.29, 0.717) is 31.3 Å². The first-order chi connectivity index (χ1) is 9.74. The zero-order chi connectivity index (χ0) is 14.8. The van der Waals surface area contributed by atoms with Gasteiger partial charge in [0, 0.05) is 32.8 Å². The maximum absolute atomic E-state index is 9.10. The molecule has 1 aromatic heterocycles. The smallest absolute Gasteiger partial charge is 0.158 e. The monoisotopic (exact) mass is 284 g/mol. The zero-order valence-corrected chi connectivity index (χ0v) is 12.2. The topological polar surface area (TPSA) is 90.7 Å². The number of aromatic nitrogens is 2. The van der Waals surface area contributed by atoms with Gasteiger partial charge in [-0.05, 0) is 6.42 Å². The number of aliphatic hydroxyl groups excluding tert-OH is 2. The third-order valence-electron chi connectivity index (χ3n) is 2.65. The van der Waals surface area contributed by atoms with Gasteiger partial charge in [-0.2, -0.15) is 0 Å². The molecule has 0 unspecified atom stereocenters. The Bertz CT molecular complexity index is 384. The van der Waals surface area contributed by atoms with Crippen molar-refractivity contribution in [3.63, 3.8) is 0 Å². The summed E-state index contributed by atoms with van der Waals surface area (Å²) in [5.74, 6) is 1.98. The number of rotatable bonds is 10. The van der Waals surface area contributed by atoms with E-state index in [4.69, 9.17) is 14.9 Å². The molecule has 3 N–H and O–H groups in total. The fourth-order valence-corrected chi connectivity index (χ4v) is 1.76. The first-order valence-electron chi connectivity index (χ1n) is 6.82. The average molecular weight is 284 g/mol. The minimum Gasteiger partial charge on any atom is -0.395 e. The molecule has 0 bridgehead atoms. The van der Waals surface area contributed by atoms with Gasteiger partial charge in [-0.3, -0.25) is 0 Å². The second-order valence-corrected chi connectivity index (χ2v) is 4.32. The van der Waals surface area contributed by atoms with E-state index >= 15 is 0 Å². The average Bonchev–Trinajstić information content (AvgIpc) is 2.45. The standard InChI is InChI=1S/C13H24N4O3/c1-3-4-14-11-9-13(16-12(15-11)10-20-2)17(5-7-18)6-8-19/h9,18-19H,3-8,10H2,1-2H3,(H,14,15,16). The number of hydrogen-bond acceptors (Lipinski definition) is 7. The minimum absolute atomic E-state index is 0.00133. The molecule has 0 aliphatic rings. The second-order valence-electron chi connectivity index (χ2n) is 4.32. The summed E-state index contributed by atoms with van der Waals surface area (Å²) in [6, 6.07) is 1.82. The van der Waals surface area contributed by atoms with Gasteiger partial charge in [0.05, 0.1) is 13.2 Å². The minimum atomic E-state index is 0.00133. The molecule has 0 saturated carbocycles. The number of methoxy groups -OCH3 is 1. The molecular formula is C13H24N4O3. The van der Waals surface area contributed by atoms with E-state index in [9.17, 15) is 0 Å². The Morgan fingerprint density at radius 1 is 1.25 bits per heavy atom. The van der Waals surface area contributed by atoms with Crippen molar-refractivity contribution in [1.82, 2.24) is 9.97 Å². The number of nitrogens with one attached hydrogen (secondary N) is 1. The summed E-state index contributed by atoms with van der Waals surface area (Å²) in [6.07, 6.45) is 0.996. The molecule has 0 aromatic carbocycles. The summed E-state index contributed by atoms with van der Waals surface area (Å²) in [5.41, 5.74) is 0. The van der Waals surface area contributed by atoms with Crippen LogP contribution in [0.5, 0.6) is 0 Å².